The van der Waals surface area contributed by atoms with Crippen molar-refractivity contribution >= 4 is 11.9 Å². The second-order valence-corrected chi connectivity index (χ2v) is 11.6. The van der Waals surface area contributed by atoms with Gasteiger partial charge in [-0.2, -0.15) is 0 Å². The number of rotatable bonds is 29. The van der Waals surface area contributed by atoms with Crippen molar-refractivity contribution in [3.63, 3.8) is 0 Å². The van der Waals surface area contributed by atoms with Gasteiger partial charge < -0.3 is 9.47 Å². The van der Waals surface area contributed by atoms with E-state index < -0.39 is 0 Å². The van der Waals surface area contributed by atoms with E-state index in [1.807, 2.05) is 0 Å². The third-order valence-corrected chi connectivity index (χ3v) is 7.98. The van der Waals surface area contributed by atoms with Gasteiger partial charge in [0.1, 0.15) is 0 Å². The Bertz CT molecular complexity index is 515. The van der Waals surface area contributed by atoms with Gasteiger partial charge >= 0.3 is 11.9 Å². The normalized spacial score (nSPS) is 11.6. The molecule has 0 spiro atoms. The summed E-state index contributed by atoms with van der Waals surface area (Å²) in [6.07, 6.45) is 27.9. The van der Waals surface area contributed by atoms with Gasteiger partial charge in [0.25, 0.3) is 0 Å². The molecule has 0 aliphatic carbocycles. The maximum Gasteiger partial charge on any atom is 0.312 e. The molecule has 0 N–H and O–H groups in total. The Kier molecular flexibility index (Phi) is 26.7. The third kappa shape index (κ3) is 20.8. The molecule has 0 aromatic heterocycles. The third-order valence-electron chi connectivity index (χ3n) is 7.98. The van der Waals surface area contributed by atoms with E-state index in [0.717, 1.165) is 89.9 Å². The monoisotopic (exact) mass is 538 g/mol. The number of hydrogen-bond donors (Lipinski definition) is 0. The van der Waals surface area contributed by atoms with E-state index in [0.29, 0.717) is 19.6 Å². The first-order chi connectivity index (χ1) is 18.6. The van der Waals surface area contributed by atoms with Crippen LogP contribution in [0.5, 0.6) is 0 Å². The van der Waals surface area contributed by atoms with Crippen molar-refractivity contribution < 1.29 is 19.1 Å². The minimum absolute atomic E-state index is 0.0508. The molecule has 0 aromatic carbocycles. The topological polar surface area (TPSA) is 52.6 Å². The van der Waals surface area contributed by atoms with Crippen LogP contribution in [0.15, 0.2) is 0 Å². The van der Waals surface area contributed by atoms with E-state index in [2.05, 4.69) is 27.7 Å². The van der Waals surface area contributed by atoms with E-state index in [-0.39, 0.29) is 17.4 Å². The van der Waals surface area contributed by atoms with Crippen LogP contribution in [-0.4, -0.2) is 25.2 Å². The maximum atomic E-state index is 13.5. The quantitative estimate of drug-likeness (QED) is 0.0702. The lowest BCUT2D eigenvalue weighted by atomic mass is 9.74. The zero-order valence-electron chi connectivity index (χ0n) is 26.2. The molecule has 38 heavy (non-hydrogen) atoms. The predicted octanol–water partition coefficient (Wildman–Crippen LogP) is 10.9. The first-order valence-electron chi connectivity index (χ1n) is 16.9. The lowest BCUT2D eigenvalue weighted by molar-refractivity contribution is -0.158. The van der Waals surface area contributed by atoms with Gasteiger partial charge in [-0.05, 0) is 38.5 Å². The number of esters is 2. The van der Waals surface area contributed by atoms with Crippen LogP contribution < -0.4 is 0 Å². The number of unbranched alkanes of at least 4 members (excludes halogenated alkanes) is 16. The minimum Gasteiger partial charge on any atom is -0.466 e. The SMILES string of the molecule is CCCCCCCCC(CCCCCCCC)(CCCCCCCC(=O)OCCCC)C(=O)OCCCC. The number of carbonyl (C=O) groups excluding carboxylic acids is 2. The van der Waals surface area contributed by atoms with E-state index >= 15 is 0 Å². The van der Waals surface area contributed by atoms with Crippen LogP contribution in [0.4, 0.5) is 0 Å². The Morgan fingerprint density at radius 3 is 1.26 bits per heavy atom. The molecule has 0 bridgehead atoms. The zero-order valence-corrected chi connectivity index (χ0v) is 26.2. The second kappa shape index (κ2) is 27.5. The molecule has 0 heterocycles. The lowest BCUT2D eigenvalue weighted by Crippen LogP contribution is -2.33. The second-order valence-electron chi connectivity index (χ2n) is 11.6. The summed E-state index contributed by atoms with van der Waals surface area (Å²) in [5.41, 5.74) is -0.299. The van der Waals surface area contributed by atoms with Gasteiger partial charge in [-0.1, -0.05) is 143 Å². The van der Waals surface area contributed by atoms with E-state index in [1.54, 1.807) is 0 Å². The van der Waals surface area contributed by atoms with Crippen LogP contribution in [0.25, 0.3) is 0 Å². The molecule has 0 fully saturated rings. The maximum absolute atomic E-state index is 13.5. The fourth-order valence-electron chi connectivity index (χ4n) is 5.30. The molecule has 0 aliphatic rings. The molecule has 0 radical (unpaired) electrons. The Morgan fingerprint density at radius 1 is 0.447 bits per heavy atom. The van der Waals surface area contributed by atoms with Crippen LogP contribution in [-0.2, 0) is 19.1 Å². The fourth-order valence-corrected chi connectivity index (χ4v) is 5.30. The van der Waals surface area contributed by atoms with Crippen LogP contribution in [0.2, 0.25) is 0 Å². The molecule has 0 atom stereocenters. The highest BCUT2D eigenvalue weighted by Crippen LogP contribution is 2.39. The van der Waals surface area contributed by atoms with Gasteiger partial charge in [-0.25, -0.2) is 0 Å². The molecular formula is C34H66O4. The molecule has 4 nitrogen and oxygen atoms in total. The van der Waals surface area contributed by atoms with Gasteiger partial charge in [0.2, 0.25) is 0 Å². The molecule has 0 rings (SSSR count). The Labute approximate surface area is 237 Å². The van der Waals surface area contributed by atoms with E-state index in [1.165, 1.54) is 64.2 Å². The first kappa shape index (κ1) is 36.9. The zero-order chi connectivity index (χ0) is 28.2. The molecule has 0 unspecified atom stereocenters. The van der Waals surface area contributed by atoms with Gasteiger partial charge in [0.05, 0.1) is 18.6 Å². The highest BCUT2D eigenvalue weighted by atomic mass is 16.5. The lowest BCUT2D eigenvalue weighted by Gasteiger charge is -2.32. The standard InChI is InChI=1S/C34H66O4/c1-5-9-13-15-19-23-27-34(33(36)38-31-12-8-4,28-24-20-16-14-10-6-2)29-25-21-17-18-22-26-32(35)37-30-11-7-3/h5-31H2,1-4H3. The molecule has 0 aromatic rings. The van der Waals surface area contributed by atoms with Gasteiger partial charge in [0.15, 0.2) is 0 Å². The summed E-state index contributed by atoms with van der Waals surface area (Å²) in [6.45, 7) is 9.91. The summed E-state index contributed by atoms with van der Waals surface area (Å²) in [5, 5.41) is 0. The summed E-state index contributed by atoms with van der Waals surface area (Å²) in [5.74, 6) is 0.0352. The van der Waals surface area contributed by atoms with Gasteiger partial charge in [0, 0.05) is 6.42 Å². The van der Waals surface area contributed by atoms with Crippen molar-refractivity contribution in [3.05, 3.63) is 0 Å². The van der Waals surface area contributed by atoms with Crippen molar-refractivity contribution in [3.8, 4) is 0 Å². The Balaban J connectivity index is 4.85. The Morgan fingerprint density at radius 2 is 0.816 bits per heavy atom. The van der Waals surface area contributed by atoms with Crippen LogP contribution in [0.3, 0.4) is 0 Å². The summed E-state index contributed by atoms with van der Waals surface area (Å²) >= 11 is 0. The highest BCUT2D eigenvalue weighted by molar-refractivity contribution is 5.76. The summed E-state index contributed by atoms with van der Waals surface area (Å²) in [4.78, 5) is 25.4. The molecule has 0 saturated carbocycles. The largest absolute Gasteiger partial charge is 0.466 e. The number of ether oxygens (including phenoxy) is 2. The first-order valence-corrected chi connectivity index (χ1v) is 16.9. The number of hydrogen-bond acceptors (Lipinski definition) is 4. The van der Waals surface area contributed by atoms with Crippen molar-refractivity contribution in [1.82, 2.24) is 0 Å². The Hall–Kier alpha value is -1.06. The molecule has 0 amide bonds. The summed E-state index contributed by atoms with van der Waals surface area (Å²) < 4.78 is 11.2. The minimum atomic E-state index is -0.299. The predicted molar refractivity (Wildman–Crippen MR) is 162 cm³/mol. The average Bonchev–Trinajstić information content (AvgIpc) is 2.91. The van der Waals surface area contributed by atoms with Crippen molar-refractivity contribution in [2.45, 2.75) is 188 Å². The van der Waals surface area contributed by atoms with Gasteiger partial charge in [-0.3, -0.25) is 9.59 Å². The summed E-state index contributed by atoms with van der Waals surface area (Å²) in [6, 6.07) is 0. The smallest absolute Gasteiger partial charge is 0.312 e. The van der Waals surface area contributed by atoms with Crippen LogP contribution in [0, 0.1) is 5.41 Å². The molecular weight excluding hydrogens is 472 g/mol. The average molecular weight is 539 g/mol. The fraction of sp³-hybridized carbons (Fsp3) is 0.941. The van der Waals surface area contributed by atoms with Crippen molar-refractivity contribution in [2.24, 2.45) is 5.41 Å². The van der Waals surface area contributed by atoms with Crippen molar-refractivity contribution in [2.75, 3.05) is 13.2 Å². The van der Waals surface area contributed by atoms with Crippen molar-refractivity contribution in [1.29, 1.82) is 0 Å². The molecule has 0 saturated heterocycles. The summed E-state index contributed by atoms with van der Waals surface area (Å²) in [7, 11) is 0. The van der Waals surface area contributed by atoms with E-state index in [9.17, 15) is 9.59 Å². The van der Waals surface area contributed by atoms with E-state index in [4.69, 9.17) is 9.47 Å². The highest BCUT2D eigenvalue weighted by Gasteiger charge is 2.38. The number of carbonyl (C=O) groups is 2. The van der Waals surface area contributed by atoms with Gasteiger partial charge in [-0.15, -0.1) is 0 Å². The molecule has 226 valence electrons. The molecule has 4 heteroatoms. The molecule has 0 aliphatic heterocycles. The van der Waals surface area contributed by atoms with Crippen LogP contribution in [0.1, 0.15) is 188 Å². The van der Waals surface area contributed by atoms with Crippen LogP contribution >= 0.6 is 0 Å².